The van der Waals surface area contributed by atoms with Crippen LogP contribution in [0.25, 0.3) is 0 Å². The van der Waals surface area contributed by atoms with Crippen LogP contribution in [0, 0.1) is 6.92 Å². The van der Waals surface area contributed by atoms with Crippen LogP contribution in [0.15, 0.2) is 30.3 Å². The summed E-state index contributed by atoms with van der Waals surface area (Å²) in [5, 5.41) is 21.5. The van der Waals surface area contributed by atoms with Gasteiger partial charge in [0.25, 0.3) is 0 Å². The van der Waals surface area contributed by atoms with Crippen LogP contribution in [0.5, 0.6) is 0 Å². The average Bonchev–Trinajstić information content (AvgIpc) is 2.82. The Labute approximate surface area is 193 Å². The number of rotatable bonds is 5. The highest BCUT2D eigenvalue weighted by Crippen LogP contribution is 2.21. The van der Waals surface area contributed by atoms with Gasteiger partial charge in [0.15, 0.2) is 11.6 Å². The summed E-state index contributed by atoms with van der Waals surface area (Å²) in [6, 6.07) is 9.43. The first-order chi connectivity index (χ1) is 15.5. The van der Waals surface area contributed by atoms with Gasteiger partial charge in [0.1, 0.15) is 0 Å². The second kappa shape index (κ2) is 10.3. The monoisotopic (exact) mass is 459 g/mol. The molecule has 4 rings (SSSR count). The highest BCUT2D eigenvalue weighted by Gasteiger charge is 2.23. The molecule has 2 aliphatic rings. The molecule has 1 aromatic carbocycles. The molecule has 2 aromatic rings. The van der Waals surface area contributed by atoms with Gasteiger partial charge in [-0.3, -0.25) is 4.90 Å². The number of aromatic nitrogens is 2. The van der Waals surface area contributed by atoms with Gasteiger partial charge in [-0.15, -0.1) is 10.2 Å². The number of β-amino-alcohol motifs (C(OH)–C–C–N with tert-alkyl or cyclic N) is 1. The Hall–Kier alpha value is -2.62. The predicted octanol–water partition coefficient (Wildman–Crippen LogP) is 1.91. The van der Waals surface area contributed by atoms with Crippen LogP contribution in [0.4, 0.5) is 22.1 Å². The Morgan fingerprint density at radius 3 is 2.09 bits per heavy atom. The summed E-state index contributed by atoms with van der Waals surface area (Å²) in [5.41, 5.74) is 1.68. The molecule has 172 valence electrons. The van der Waals surface area contributed by atoms with Crippen LogP contribution in [-0.2, 0) is 0 Å². The molecule has 9 nitrogen and oxygen atoms in total. The lowest BCUT2D eigenvalue weighted by Crippen LogP contribution is -2.50. The standard InChI is InChI=1S/C22H30ClN7O2/c1-17-2-3-18(16-19(17)23)24-22(32)30-12-10-29(11-13-30)21-5-4-20(25-26-21)28-8-6-27(7-9-28)14-15-31/h2-5,16,31H,6-15H2,1H3,(H,24,32). The third-order valence-electron chi connectivity index (χ3n) is 6.06. The minimum atomic E-state index is -0.119. The smallest absolute Gasteiger partial charge is 0.321 e. The van der Waals surface area contributed by atoms with Crippen molar-refractivity contribution in [2.24, 2.45) is 0 Å². The van der Waals surface area contributed by atoms with E-state index >= 15 is 0 Å². The largest absolute Gasteiger partial charge is 0.395 e. The van der Waals surface area contributed by atoms with E-state index in [2.05, 4.69) is 30.2 Å². The SMILES string of the molecule is Cc1ccc(NC(=O)N2CCN(c3ccc(N4CCN(CCO)CC4)nn3)CC2)cc1Cl. The summed E-state index contributed by atoms with van der Waals surface area (Å²) < 4.78 is 0. The van der Waals surface area contributed by atoms with Gasteiger partial charge < -0.3 is 25.1 Å². The molecule has 0 aliphatic carbocycles. The number of urea groups is 1. The molecule has 3 heterocycles. The van der Waals surface area contributed by atoms with Crippen LogP contribution in [0.1, 0.15) is 5.56 Å². The molecule has 10 heteroatoms. The zero-order chi connectivity index (χ0) is 22.5. The van der Waals surface area contributed by atoms with Gasteiger partial charge >= 0.3 is 6.03 Å². The van der Waals surface area contributed by atoms with E-state index in [0.717, 1.165) is 49.9 Å². The van der Waals surface area contributed by atoms with E-state index in [9.17, 15) is 4.79 Å². The highest BCUT2D eigenvalue weighted by atomic mass is 35.5. The Morgan fingerprint density at radius 1 is 0.969 bits per heavy atom. The quantitative estimate of drug-likeness (QED) is 0.706. The molecule has 2 N–H and O–H groups in total. The van der Waals surface area contributed by atoms with Crippen molar-refractivity contribution >= 4 is 35.0 Å². The Morgan fingerprint density at radius 2 is 1.56 bits per heavy atom. The number of amides is 2. The summed E-state index contributed by atoms with van der Waals surface area (Å²) in [5.74, 6) is 1.71. The molecule has 2 fully saturated rings. The summed E-state index contributed by atoms with van der Waals surface area (Å²) in [4.78, 5) is 21.0. The lowest BCUT2D eigenvalue weighted by molar-refractivity contribution is 0.188. The van der Waals surface area contributed by atoms with Crippen molar-refractivity contribution in [1.82, 2.24) is 20.0 Å². The van der Waals surface area contributed by atoms with Gasteiger partial charge in [-0.1, -0.05) is 17.7 Å². The van der Waals surface area contributed by atoms with Crippen LogP contribution < -0.4 is 15.1 Å². The van der Waals surface area contributed by atoms with E-state index < -0.39 is 0 Å². The number of halogens is 1. The van der Waals surface area contributed by atoms with Gasteiger partial charge in [-0.25, -0.2) is 4.79 Å². The van der Waals surface area contributed by atoms with E-state index in [1.165, 1.54) is 0 Å². The molecule has 2 saturated heterocycles. The Bertz CT molecular complexity index is 911. The van der Waals surface area contributed by atoms with Gasteiger partial charge in [-0.2, -0.15) is 0 Å². The number of piperazine rings is 2. The van der Waals surface area contributed by atoms with Crippen LogP contribution in [0.2, 0.25) is 5.02 Å². The van der Waals surface area contributed by atoms with E-state index in [0.29, 0.717) is 36.9 Å². The normalized spacial score (nSPS) is 17.5. The number of nitrogens with zero attached hydrogens (tertiary/aromatic N) is 6. The fourth-order valence-electron chi connectivity index (χ4n) is 4.01. The molecule has 0 atom stereocenters. The lowest BCUT2D eigenvalue weighted by atomic mass is 10.2. The summed E-state index contributed by atoms with van der Waals surface area (Å²) >= 11 is 6.15. The first kappa shape index (κ1) is 22.6. The van der Waals surface area contributed by atoms with E-state index in [1.54, 1.807) is 11.0 Å². The maximum absolute atomic E-state index is 12.6. The number of nitrogens with one attached hydrogen (secondary N) is 1. The number of benzene rings is 1. The molecule has 2 aliphatic heterocycles. The molecular weight excluding hydrogens is 430 g/mol. The van der Waals surface area contributed by atoms with Crippen molar-refractivity contribution in [2.75, 3.05) is 80.6 Å². The van der Waals surface area contributed by atoms with Crippen molar-refractivity contribution in [3.8, 4) is 0 Å². The van der Waals surface area contributed by atoms with Crippen LogP contribution in [-0.4, -0.2) is 96.6 Å². The van der Waals surface area contributed by atoms with Gasteiger partial charge in [-0.05, 0) is 36.8 Å². The van der Waals surface area contributed by atoms with E-state index in [1.807, 2.05) is 31.2 Å². The third kappa shape index (κ3) is 5.40. The van der Waals surface area contributed by atoms with Crippen molar-refractivity contribution in [1.29, 1.82) is 0 Å². The first-order valence-corrected chi connectivity index (χ1v) is 11.4. The van der Waals surface area contributed by atoms with Gasteiger partial charge in [0.2, 0.25) is 0 Å². The van der Waals surface area contributed by atoms with E-state index in [4.69, 9.17) is 16.7 Å². The second-order valence-corrected chi connectivity index (χ2v) is 8.58. The van der Waals surface area contributed by atoms with Crippen LogP contribution in [0.3, 0.4) is 0 Å². The number of hydrogen-bond donors (Lipinski definition) is 2. The lowest BCUT2D eigenvalue weighted by Gasteiger charge is -2.36. The molecular formula is C22H30ClN7O2. The maximum Gasteiger partial charge on any atom is 0.321 e. The Kier molecular flexibility index (Phi) is 7.29. The highest BCUT2D eigenvalue weighted by molar-refractivity contribution is 6.31. The number of anilines is 3. The number of carbonyl (C=O) groups excluding carboxylic acids is 1. The third-order valence-corrected chi connectivity index (χ3v) is 6.47. The fraction of sp³-hybridized carbons (Fsp3) is 0.500. The number of carbonyl (C=O) groups is 1. The molecule has 2 amide bonds. The van der Waals surface area contributed by atoms with Crippen LogP contribution >= 0.6 is 11.6 Å². The summed E-state index contributed by atoms with van der Waals surface area (Å²) in [6.45, 7) is 9.09. The molecule has 32 heavy (non-hydrogen) atoms. The minimum Gasteiger partial charge on any atom is -0.395 e. The van der Waals surface area contributed by atoms with E-state index in [-0.39, 0.29) is 12.6 Å². The summed E-state index contributed by atoms with van der Waals surface area (Å²) in [7, 11) is 0. The van der Waals surface area contributed by atoms with Crippen molar-refractivity contribution in [2.45, 2.75) is 6.92 Å². The number of hydrogen-bond acceptors (Lipinski definition) is 7. The zero-order valence-corrected chi connectivity index (χ0v) is 19.1. The fourth-order valence-corrected chi connectivity index (χ4v) is 4.19. The summed E-state index contributed by atoms with van der Waals surface area (Å²) in [6.07, 6.45) is 0. The van der Waals surface area contributed by atoms with Gasteiger partial charge in [0.05, 0.1) is 6.61 Å². The van der Waals surface area contributed by atoms with Gasteiger partial charge in [0, 0.05) is 69.6 Å². The zero-order valence-electron chi connectivity index (χ0n) is 18.4. The number of aliphatic hydroxyl groups is 1. The average molecular weight is 460 g/mol. The molecule has 0 spiro atoms. The van der Waals surface area contributed by atoms with Crippen molar-refractivity contribution in [3.05, 3.63) is 40.9 Å². The topological polar surface area (TPSA) is 88.1 Å². The van der Waals surface area contributed by atoms with Crippen molar-refractivity contribution in [3.63, 3.8) is 0 Å². The molecule has 0 radical (unpaired) electrons. The maximum atomic E-state index is 12.6. The molecule has 0 bridgehead atoms. The second-order valence-electron chi connectivity index (χ2n) is 8.17. The predicted molar refractivity (Wildman–Crippen MR) is 127 cm³/mol. The molecule has 0 unspecified atom stereocenters. The molecule has 0 saturated carbocycles. The molecule has 1 aromatic heterocycles. The number of aryl methyl sites for hydroxylation is 1. The Balaban J connectivity index is 1.27. The first-order valence-electron chi connectivity index (χ1n) is 11.0. The minimum absolute atomic E-state index is 0.119. The van der Waals surface area contributed by atoms with Crippen molar-refractivity contribution < 1.29 is 9.90 Å². The number of aliphatic hydroxyl groups excluding tert-OH is 1.